The minimum atomic E-state index is -0.767. The zero-order valence-corrected chi connectivity index (χ0v) is 16.3. The summed E-state index contributed by atoms with van der Waals surface area (Å²) >= 11 is 1.48. The van der Waals surface area contributed by atoms with Crippen molar-refractivity contribution in [2.75, 3.05) is 13.7 Å². The lowest BCUT2D eigenvalue weighted by atomic mass is 9.71. The number of esters is 1. The molecule has 2 aliphatic rings. The van der Waals surface area contributed by atoms with Crippen LogP contribution in [0.5, 0.6) is 5.75 Å². The highest BCUT2D eigenvalue weighted by Gasteiger charge is 2.62. The molecular formula is C20H21FN2O4S. The van der Waals surface area contributed by atoms with Gasteiger partial charge in [0.25, 0.3) is 5.91 Å². The van der Waals surface area contributed by atoms with E-state index in [-0.39, 0.29) is 36.4 Å². The molecule has 2 saturated heterocycles. The monoisotopic (exact) mass is 404 g/mol. The first-order chi connectivity index (χ1) is 13.5. The smallest absolute Gasteiger partial charge is 0.314 e. The van der Waals surface area contributed by atoms with Crippen LogP contribution in [0.2, 0.25) is 0 Å². The molecule has 0 radical (unpaired) electrons. The Kier molecular flexibility index (Phi) is 5.05. The molecule has 28 heavy (non-hydrogen) atoms. The molecule has 0 aliphatic carbocycles. The molecule has 4 rings (SSSR count). The lowest BCUT2D eigenvalue weighted by Gasteiger charge is -2.34. The first kappa shape index (κ1) is 18.9. The molecule has 0 N–H and O–H groups in total. The van der Waals surface area contributed by atoms with Crippen LogP contribution in [-0.4, -0.2) is 47.6 Å². The van der Waals surface area contributed by atoms with Gasteiger partial charge in [0.15, 0.2) is 6.61 Å². The van der Waals surface area contributed by atoms with Crippen molar-refractivity contribution < 1.29 is 23.5 Å². The number of nitrogens with zero attached hydrogens (tertiary/aromatic N) is 2. The molecule has 8 heteroatoms. The van der Waals surface area contributed by atoms with Gasteiger partial charge in [-0.05, 0) is 43.5 Å². The van der Waals surface area contributed by atoms with E-state index in [1.165, 1.54) is 42.7 Å². The van der Waals surface area contributed by atoms with Crippen LogP contribution in [-0.2, 0) is 20.7 Å². The number of hydrogen-bond donors (Lipinski definition) is 0. The number of halogens is 1. The second kappa shape index (κ2) is 7.50. The Morgan fingerprint density at radius 2 is 2.11 bits per heavy atom. The Morgan fingerprint density at radius 3 is 2.79 bits per heavy atom. The van der Waals surface area contributed by atoms with E-state index in [0.717, 1.165) is 18.5 Å². The van der Waals surface area contributed by atoms with E-state index in [1.54, 1.807) is 10.4 Å². The van der Waals surface area contributed by atoms with E-state index in [1.807, 2.05) is 5.38 Å². The molecule has 148 valence electrons. The Morgan fingerprint density at radius 1 is 1.32 bits per heavy atom. The highest BCUT2D eigenvalue weighted by Crippen LogP contribution is 2.52. The van der Waals surface area contributed by atoms with Crippen molar-refractivity contribution in [3.05, 3.63) is 46.7 Å². The maximum Gasteiger partial charge on any atom is 0.314 e. The number of aromatic nitrogens is 1. The van der Waals surface area contributed by atoms with Crippen molar-refractivity contribution >= 4 is 23.2 Å². The molecule has 1 amide bonds. The SMILES string of the molecule is COC(=O)[C@@]1(Cc2cscn2)C[C@H]2CC[C@@H]1N2C(=O)COc1ccc(F)cc1. The number of carbonyl (C=O) groups excluding carboxylic acids is 2. The van der Waals surface area contributed by atoms with Crippen molar-refractivity contribution in [3.8, 4) is 5.75 Å². The summed E-state index contributed by atoms with van der Waals surface area (Å²) in [6, 6.07) is 5.32. The largest absolute Gasteiger partial charge is 0.484 e. The summed E-state index contributed by atoms with van der Waals surface area (Å²) in [7, 11) is 1.39. The van der Waals surface area contributed by atoms with Gasteiger partial charge >= 0.3 is 5.97 Å². The van der Waals surface area contributed by atoms with Gasteiger partial charge in [0.1, 0.15) is 11.6 Å². The van der Waals surface area contributed by atoms with Gasteiger partial charge in [-0.1, -0.05) is 0 Å². The summed E-state index contributed by atoms with van der Waals surface area (Å²) in [5.74, 6) is -0.380. The fraction of sp³-hybridized carbons (Fsp3) is 0.450. The molecule has 0 saturated carbocycles. The number of thiazole rings is 1. The van der Waals surface area contributed by atoms with Gasteiger partial charge in [-0.3, -0.25) is 9.59 Å². The third-order valence-electron chi connectivity index (χ3n) is 5.78. The van der Waals surface area contributed by atoms with Crippen molar-refractivity contribution in [2.24, 2.45) is 5.41 Å². The molecule has 2 bridgehead atoms. The van der Waals surface area contributed by atoms with Crippen molar-refractivity contribution in [2.45, 2.75) is 37.8 Å². The van der Waals surface area contributed by atoms with Gasteiger partial charge in [-0.15, -0.1) is 11.3 Å². The summed E-state index contributed by atoms with van der Waals surface area (Å²) in [5, 5.41) is 1.93. The maximum absolute atomic E-state index is 13.0. The van der Waals surface area contributed by atoms with Crippen LogP contribution < -0.4 is 4.74 Å². The number of hydrogen-bond acceptors (Lipinski definition) is 6. The number of carbonyl (C=O) groups is 2. The Bertz CT molecular complexity index is 858. The molecule has 2 aliphatic heterocycles. The summed E-state index contributed by atoms with van der Waals surface area (Å²) in [4.78, 5) is 31.8. The zero-order valence-electron chi connectivity index (χ0n) is 15.5. The number of benzene rings is 1. The molecule has 3 heterocycles. The quantitative estimate of drug-likeness (QED) is 0.693. The van der Waals surface area contributed by atoms with Gasteiger partial charge < -0.3 is 14.4 Å². The zero-order chi connectivity index (χ0) is 19.7. The van der Waals surface area contributed by atoms with E-state index in [4.69, 9.17) is 9.47 Å². The normalized spacial score (nSPS) is 25.7. The number of amides is 1. The number of fused-ring (bicyclic) bond motifs is 2. The van der Waals surface area contributed by atoms with E-state index in [2.05, 4.69) is 4.98 Å². The molecule has 0 spiro atoms. The van der Waals surface area contributed by atoms with E-state index < -0.39 is 5.41 Å². The number of methoxy groups -OCH3 is 1. The lowest BCUT2D eigenvalue weighted by Crippen LogP contribution is -2.48. The van der Waals surface area contributed by atoms with Crippen molar-refractivity contribution in [1.29, 1.82) is 0 Å². The average Bonchev–Trinajstić information content (AvgIpc) is 3.42. The summed E-state index contributed by atoms with van der Waals surface area (Å²) in [6.45, 7) is -0.146. The van der Waals surface area contributed by atoms with Crippen LogP contribution in [0.4, 0.5) is 4.39 Å². The van der Waals surface area contributed by atoms with Crippen molar-refractivity contribution in [1.82, 2.24) is 9.88 Å². The molecule has 1 aromatic heterocycles. The minimum absolute atomic E-state index is 0.00736. The molecule has 3 atom stereocenters. The predicted molar refractivity (Wildman–Crippen MR) is 100 cm³/mol. The highest BCUT2D eigenvalue weighted by molar-refractivity contribution is 7.07. The molecule has 6 nitrogen and oxygen atoms in total. The number of ether oxygens (including phenoxy) is 2. The summed E-state index contributed by atoms with van der Waals surface area (Å²) in [5.41, 5.74) is 1.82. The molecule has 1 aromatic carbocycles. The fourth-order valence-corrected chi connectivity index (χ4v) is 5.20. The third-order valence-corrected chi connectivity index (χ3v) is 6.41. The fourth-order valence-electron chi connectivity index (χ4n) is 4.64. The van der Waals surface area contributed by atoms with Gasteiger partial charge in [0.2, 0.25) is 0 Å². The second-order valence-electron chi connectivity index (χ2n) is 7.30. The first-order valence-electron chi connectivity index (χ1n) is 9.18. The van der Waals surface area contributed by atoms with Gasteiger partial charge in [-0.2, -0.15) is 0 Å². The van der Waals surface area contributed by atoms with Crippen LogP contribution in [0, 0.1) is 11.2 Å². The van der Waals surface area contributed by atoms with E-state index in [9.17, 15) is 14.0 Å². The van der Waals surface area contributed by atoms with Crippen LogP contribution >= 0.6 is 11.3 Å². The second-order valence-corrected chi connectivity index (χ2v) is 8.02. The molecule has 0 unspecified atom stereocenters. The lowest BCUT2D eigenvalue weighted by molar-refractivity contribution is -0.155. The Balaban J connectivity index is 1.51. The van der Waals surface area contributed by atoms with E-state index >= 15 is 0 Å². The standard InChI is InChI=1S/C20H21FN2O4S/c1-26-19(25)20(8-14-11-28-12-22-14)9-15-4-7-17(20)23(15)18(24)10-27-16-5-2-13(21)3-6-16/h2-3,5-6,11-12,15,17H,4,7-10H2,1H3/t15-,17+,20+/m1/s1. The van der Waals surface area contributed by atoms with Crippen molar-refractivity contribution in [3.63, 3.8) is 0 Å². The average molecular weight is 404 g/mol. The molecule has 2 fully saturated rings. The Hall–Kier alpha value is -2.48. The van der Waals surface area contributed by atoms with Crippen LogP contribution in [0.3, 0.4) is 0 Å². The van der Waals surface area contributed by atoms with Crippen LogP contribution in [0.15, 0.2) is 35.2 Å². The Labute approximate surface area is 166 Å². The molecular weight excluding hydrogens is 383 g/mol. The predicted octanol–water partition coefficient (Wildman–Crippen LogP) is 2.83. The summed E-state index contributed by atoms with van der Waals surface area (Å²) < 4.78 is 23.7. The highest BCUT2D eigenvalue weighted by atomic mass is 32.1. The summed E-state index contributed by atoms with van der Waals surface area (Å²) in [6.07, 6.45) is 2.66. The van der Waals surface area contributed by atoms with Gasteiger partial charge in [-0.25, -0.2) is 9.37 Å². The number of rotatable bonds is 6. The third kappa shape index (κ3) is 3.26. The minimum Gasteiger partial charge on any atom is -0.484 e. The van der Waals surface area contributed by atoms with Gasteiger partial charge in [0.05, 0.1) is 23.7 Å². The first-order valence-corrected chi connectivity index (χ1v) is 10.1. The van der Waals surface area contributed by atoms with Gasteiger partial charge in [0, 0.05) is 23.9 Å². The topological polar surface area (TPSA) is 68.7 Å². The van der Waals surface area contributed by atoms with E-state index in [0.29, 0.717) is 18.6 Å². The maximum atomic E-state index is 13.0. The molecule has 2 aromatic rings. The van der Waals surface area contributed by atoms with Crippen LogP contribution in [0.1, 0.15) is 25.0 Å². The van der Waals surface area contributed by atoms with Crippen LogP contribution in [0.25, 0.3) is 0 Å².